The SMILES string of the molecule is CCC1(CCC(C)C)C(=O)C(C2=NS(=O)(=O)c3cc(NS(C)(=O)=O)ccc3N2)=C([O-])c2ccccc21.[Na+]. The number of sulfonamides is 2. The number of hydrogen-bond donors (Lipinski definition) is 2. The Labute approximate surface area is 239 Å². The van der Waals surface area contributed by atoms with Crippen LogP contribution in [0.4, 0.5) is 11.4 Å². The van der Waals surface area contributed by atoms with E-state index < -0.39 is 37.0 Å². The molecule has 1 aliphatic carbocycles. The number of nitrogens with zero attached hydrogens (tertiary/aromatic N) is 1. The molecule has 2 aromatic rings. The third-order valence-corrected chi connectivity index (χ3v) is 8.52. The predicted octanol–water partition coefficient (Wildman–Crippen LogP) is 0.0131. The van der Waals surface area contributed by atoms with Crippen LogP contribution in [0.3, 0.4) is 0 Å². The number of hydrogen-bond acceptors (Lipinski definition) is 7. The standard InChI is InChI=1S/C25H29N3O6S2.Na/c1-5-25(13-12-15(2)3)18-9-7-6-8-17(18)22(29)21(23(25)30)24-26-19-11-10-16(27-35(4,31)32)14-20(19)36(33,34)28-24;/h6-11,14-15,27,29H,5,12-13H2,1-4H3,(H,26,28);/q;+1/p-1. The molecule has 0 amide bonds. The van der Waals surface area contributed by atoms with Crippen molar-refractivity contribution in [3.8, 4) is 0 Å². The largest absolute Gasteiger partial charge is 1.00 e. The topological polar surface area (TPSA) is 145 Å². The minimum Gasteiger partial charge on any atom is -0.871 e. The molecule has 1 unspecified atom stereocenters. The van der Waals surface area contributed by atoms with Gasteiger partial charge in [0.05, 0.1) is 22.9 Å². The minimum atomic E-state index is -4.35. The summed E-state index contributed by atoms with van der Waals surface area (Å²) in [4.78, 5) is 13.8. The molecule has 0 spiro atoms. The maximum absolute atomic E-state index is 14.0. The fourth-order valence-corrected chi connectivity index (χ4v) is 6.47. The van der Waals surface area contributed by atoms with Gasteiger partial charge in [-0.05, 0) is 54.5 Å². The van der Waals surface area contributed by atoms with E-state index >= 15 is 0 Å². The first-order valence-corrected chi connectivity index (χ1v) is 14.9. The van der Waals surface area contributed by atoms with Gasteiger partial charge in [0.15, 0.2) is 11.6 Å². The van der Waals surface area contributed by atoms with Crippen LogP contribution in [0.1, 0.15) is 51.2 Å². The molecule has 0 aromatic heterocycles. The Kier molecular flexibility index (Phi) is 8.36. The summed E-state index contributed by atoms with van der Waals surface area (Å²) in [6, 6.07) is 10.8. The molecule has 0 saturated heterocycles. The molecule has 0 saturated carbocycles. The number of benzene rings is 2. The Morgan fingerprint density at radius 3 is 2.46 bits per heavy atom. The molecule has 2 N–H and O–H groups in total. The van der Waals surface area contributed by atoms with E-state index in [-0.39, 0.29) is 57.2 Å². The van der Waals surface area contributed by atoms with Gasteiger partial charge in [0.2, 0.25) is 10.0 Å². The molecule has 1 atom stereocenters. The van der Waals surface area contributed by atoms with Crippen molar-refractivity contribution >= 4 is 48.8 Å². The molecular formula is C25H28N3NaO6S2. The summed E-state index contributed by atoms with van der Waals surface area (Å²) in [5, 5.41) is 16.4. The van der Waals surface area contributed by atoms with Gasteiger partial charge in [-0.25, -0.2) is 8.42 Å². The summed E-state index contributed by atoms with van der Waals surface area (Å²) < 4.78 is 55.4. The number of carbonyl (C=O) groups is 1. The van der Waals surface area contributed by atoms with Crippen LogP contribution in [-0.2, 0) is 30.3 Å². The number of anilines is 2. The van der Waals surface area contributed by atoms with Gasteiger partial charge in [0, 0.05) is 5.69 Å². The van der Waals surface area contributed by atoms with Crippen LogP contribution in [0, 0.1) is 5.92 Å². The monoisotopic (exact) mass is 553 g/mol. The smallest absolute Gasteiger partial charge is 0.871 e. The zero-order valence-electron chi connectivity index (χ0n) is 21.5. The molecule has 1 heterocycles. The van der Waals surface area contributed by atoms with Gasteiger partial charge in [-0.15, -0.1) is 4.40 Å². The Morgan fingerprint density at radius 1 is 1.16 bits per heavy atom. The second kappa shape index (κ2) is 10.5. The van der Waals surface area contributed by atoms with Crippen LogP contribution < -0.4 is 44.7 Å². The van der Waals surface area contributed by atoms with Crippen LogP contribution in [-0.4, -0.2) is 34.7 Å². The second-order valence-electron chi connectivity index (χ2n) is 9.57. The van der Waals surface area contributed by atoms with Crippen LogP contribution in [0.5, 0.6) is 0 Å². The van der Waals surface area contributed by atoms with E-state index in [0.29, 0.717) is 29.9 Å². The van der Waals surface area contributed by atoms with Crippen LogP contribution >= 0.6 is 0 Å². The molecule has 4 rings (SSSR count). The van der Waals surface area contributed by atoms with Gasteiger partial charge in [-0.2, -0.15) is 8.42 Å². The van der Waals surface area contributed by atoms with Crippen molar-refractivity contribution in [3.05, 3.63) is 59.2 Å². The molecule has 2 aliphatic rings. The van der Waals surface area contributed by atoms with E-state index in [2.05, 4.69) is 28.3 Å². The van der Waals surface area contributed by atoms with Gasteiger partial charge < -0.3 is 10.4 Å². The summed E-state index contributed by atoms with van der Waals surface area (Å²) in [6.07, 6.45) is 2.63. The van der Waals surface area contributed by atoms with Gasteiger partial charge in [0.1, 0.15) is 4.90 Å². The number of fused-ring (bicyclic) bond motifs is 2. The molecule has 0 fully saturated rings. The second-order valence-corrected chi connectivity index (χ2v) is 12.9. The van der Waals surface area contributed by atoms with Crippen molar-refractivity contribution in [3.63, 3.8) is 0 Å². The Hall–Kier alpha value is -2.18. The molecule has 12 heteroatoms. The fraction of sp³-hybridized carbons (Fsp3) is 0.360. The summed E-state index contributed by atoms with van der Waals surface area (Å²) >= 11 is 0. The van der Waals surface area contributed by atoms with E-state index in [1.165, 1.54) is 12.1 Å². The zero-order valence-corrected chi connectivity index (χ0v) is 25.1. The number of amidine groups is 1. The van der Waals surface area contributed by atoms with E-state index in [9.17, 15) is 26.7 Å². The maximum atomic E-state index is 14.0. The number of ketones is 1. The molecule has 192 valence electrons. The minimum absolute atomic E-state index is 0. The number of carbonyl (C=O) groups excluding carboxylic acids is 1. The molecule has 1 aliphatic heterocycles. The normalized spacial score (nSPS) is 20.4. The molecule has 9 nitrogen and oxygen atoms in total. The fourth-order valence-electron chi connectivity index (χ4n) is 4.77. The summed E-state index contributed by atoms with van der Waals surface area (Å²) in [5.41, 5.74) is -0.115. The Bertz CT molecular complexity index is 1530. The van der Waals surface area contributed by atoms with Crippen molar-refractivity contribution < 1.29 is 56.3 Å². The summed E-state index contributed by atoms with van der Waals surface area (Å²) in [5.74, 6) is -1.03. The number of rotatable bonds is 7. The molecular weight excluding hydrogens is 525 g/mol. The molecule has 37 heavy (non-hydrogen) atoms. The van der Waals surface area contributed by atoms with Gasteiger partial charge in [-0.1, -0.05) is 50.8 Å². The molecule has 0 radical (unpaired) electrons. The van der Waals surface area contributed by atoms with Crippen LogP contribution in [0.25, 0.3) is 5.76 Å². The molecule has 2 aromatic carbocycles. The first-order chi connectivity index (χ1) is 16.8. The third-order valence-electron chi connectivity index (χ3n) is 6.59. The van der Waals surface area contributed by atoms with Crippen molar-refractivity contribution in [2.75, 3.05) is 16.3 Å². The quantitative estimate of drug-likeness (QED) is 0.460. The maximum Gasteiger partial charge on any atom is 1.00 e. The Morgan fingerprint density at radius 2 is 1.84 bits per heavy atom. The molecule has 0 bridgehead atoms. The van der Waals surface area contributed by atoms with Gasteiger partial charge >= 0.3 is 29.6 Å². The number of Topliss-reactive ketones (excluding diaryl/α,β-unsaturated/α-hetero) is 1. The first kappa shape index (κ1) is 29.4. The van der Waals surface area contributed by atoms with Crippen molar-refractivity contribution in [1.29, 1.82) is 0 Å². The predicted molar refractivity (Wildman–Crippen MR) is 138 cm³/mol. The van der Waals surface area contributed by atoms with Crippen LogP contribution in [0.2, 0.25) is 0 Å². The third kappa shape index (κ3) is 5.51. The first-order valence-electron chi connectivity index (χ1n) is 11.6. The Balaban J connectivity index is 0.00000380. The summed E-state index contributed by atoms with van der Waals surface area (Å²) in [6.45, 7) is 6.00. The van der Waals surface area contributed by atoms with E-state index in [1.807, 2.05) is 6.92 Å². The van der Waals surface area contributed by atoms with Crippen molar-refractivity contribution in [2.45, 2.75) is 50.3 Å². The van der Waals surface area contributed by atoms with Crippen molar-refractivity contribution in [2.24, 2.45) is 10.3 Å². The number of nitrogens with one attached hydrogen (secondary N) is 2. The zero-order chi connectivity index (χ0) is 26.5. The van der Waals surface area contributed by atoms with Gasteiger partial charge in [0.25, 0.3) is 10.0 Å². The van der Waals surface area contributed by atoms with Gasteiger partial charge in [-0.3, -0.25) is 9.52 Å². The van der Waals surface area contributed by atoms with E-state index in [0.717, 1.165) is 18.7 Å². The average Bonchev–Trinajstić information content (AvgIpc) is 2.78. The summed E-state index contributed by atoms with van der Waals surface area (Å²) in [7, 11) is -7.98. The van der Waals surface area contributed by atoms with Crippen molar-refractivity contribution in [1.82, 2.24) is 0 Å². The van der Waals surface area contributed by atoms with Crippen LogP contribution in [0.15, 0.2) is 57.3 Å². The van der Waals surface area contributed by atoms with E-state index in [1.54, 1.807) is 24.3 Å². The van der Waals surface area contributed by atoms with E-state index in [4.69, 9.17) is 0 Å². The average molecular weight is 554 g/mol.